The lowest BCUT2D eigenvalue weighted by Crippen LogP contribution is -2.13. The number of nitrogens with zero attached hydrogens (tertiary/aromatic N) is 2. The van der Waals surface area contributed by atoms with Crippen molar-refractivity contribution >= 4 is 28.3 Å². The molecule has 0 atom stereocenters. The van der Waals surface area contributed by atoms with Crippen molar-refractivity contribution in [1.29, 1.82) is 0 Å². The molecule has 0 fully saturated rings. The lowest BCUT2D eigenvalue weighted by Gasteiger charge is -2.13. The van der Waals surface area contributed by atoms with Crippen LogP contribution in [0.15, 0.2) is 42.5 Å². The van der Waals surface area contributed by atoms with Crippen LogP contribution in [0.3, 0.4) is 0 Å². The largest absolute Gasteiger partial charge is 0.497 e. The van der Waals surface area contributed by atoms with Gasteiger partial charge in [0.1, 0.15) is 11.6 Å². The van der Waals surface area contributed by atoms with E-state index >= 15 is 0 Å². The van der Waals surface area contributed by atoms with Crippen molar-refractivity contribution in [1.82, 2.24) is 9.97 Å². The Bertz CT molecular complexity index is 898. The van der Waals surface area contributed by atoms with Crippen molar-refractivity contribution in [3.63, 3.8) is 0 Å². The van der Waals surface area contributed by atoms with Crippen LogP contribution >= 0.6 is 11.6 Å². The van der Waals surface area contributed by atoms with E-state index < -0.39 is 12.0 Å². The average molecular weight is 368 g/mol. The second-order valence-corrected chi connectivity index (χ2v) is 5.69. The van der Waals surface area contributed by atoms with Crippen LogP contribution in [0.4, 0.5) is 19.0 Å². The number of aromatic nitrogens is 2. The minimum atomic E-state index is -4.64. The molecule has 0 aliphatic rings. The first-order valence-corrected chi connectivity index (χ1v) is 7.66. The minimum absolute atomic E-state index is 0.106. The SMILES string of the molecule is COc1ccc2c(NCc3ccc(Cl)cc3)nc(C(F)(F)F)nc2c1. The maximum absolute atomic E-state index is 13.1. The number of hydrogen-bond acceptors (Lipinski definition) is 4. The van der Waals surface area contributed by atoms with E-state index in [9.17, 15) is 13.2 Å². The summed E-state index contributed by atoms with van der Waals surface area (Å²) in [4.78, 5) is 7.25. The molecule has 4 nitrogen and oxygen atoms in total. The van der Waals surface area contributed by atoms with Gasteiger partial charge in [-0.1, -0.05) is 23.7 Å². The summed E-state index contributed by atoms with van der Waals surface area (Å²) in [6.45, 7) is 0.298. The molecule has 0 bridgehead atoms. The maximum atomic E-state index is 13.1. The van der Waals surface area contributed by atoms with Crippen molar-refractivity contribution < 1.29 is 17.9 Å². The molecular formula is C17H13ClF3N3O. The molecule has 130 valence electrons. The highest BCUT2D eigenvalue weighted by Crippen LogP contribution is 2.31. The first-order valence-electron chi connectivity index (χ1n) is 7.28. The summed E-state index contributed by atoms with van der Waals surface area (Å²) >= 11 is 5.83. The molecular weight excluding hydrogens is 355 g/mol. The van der Waals surface area contributed by atoms with Gasteiger partial charge in [-0.25, -0.2) is 9.97 Å². The first-order chi connectivity index (χ1) is 11.9. The Morgan fingerprint density at radius 3 is 2.44 bits per heavy atom. The second-order valence-electron chi connectivity index (χ2n) is 5.26. The van der Waals surface area contributed by atoms with E-state index in [1.807, 2.05) is 0 Å². The number of benzene rings is 2. The van der Waals surface area contributed by atoms with Gasteiger partial charge in [-0.3, -0.25) is 0 Å². The Kier molecular flexibility index (Phi) is 4.67. The number of anilines is 1. The summed E-state index contributed by atoms with van der Waals surface area (Å²) in [5.74, 6) is -0.676. The lowest BCUT2D eigenvalue weighted by molar-refractivity contribution is -0.144. The fraction of sp³-hybridized carbons (Fsp3) is 0.176. The van der Waals surface area contributed by atoms with E-state index in [0.717, 1.165) is 5.56 Å². The molecule has 0 radical (unpaired) electrons. The highest BCUT2D eigenvalue weighted by atomic mass is 35.5. The molecule has 0 spiro atoms. The number of hydrogen-bond donors (Lipinski definition) is 1. The third-order valence-corrected chi connectivity index (χ3v) is 3.78. The molecule has 1 aromatic heterocycles. The standard InChI is InChI=1S/C17H13ClF3N3O/c1-25-12-6-7-13-14(8-12)23-16(17(19,20)21)24-15(13)22-9-10-2-4-11(18)5-3-10/h2-8H,9H2,1H3,(H,22,23,24). The summed E-state index contributed by atoms with van der Waals surface area (Å²) in [6.07, 6.45) is -4.64. The van der Waals surface area contributed by atoms with Crippen LogP contribution in [0.1, 0.15) is 11.4 Å². The predicted octanol–water partition coefficient (Wildman–Crippen LogP) is 4.92. The lowest BCUT2D eigenvalue weighted by atomic mass is 10.2. The molecule has 3 aromatic rings. The van der Waals surface area contributed by atoms with Crippen molar-refractivity contribution in [2.24, 2.45) is 0 Å². The molecule has 1 N–H and O–H groups in total. The molecule has 0 amide bonds. The summed E-state index contributed by atoms with van der Waals surface area (Å²) in [5, 5.41) is 4.00. The summed E-state index contributed by atoms with van der Waals surface area (Å²) < 4.78 is 44.3. The molecule has 25 heavy (non-hydrogen) atoms. The zero-order chi connectivity index (χ0) is 18.0. The number of rotatable bonds is 4. The summed E-state index contributed by atoms with van der Waals surface area (Å²) in [5.41, 5.74) is 1.01. The normalized spacial score (nSPS) is 11.6. The van der Waals surface area contributed by atoms with E-state index in [1.165, 1.54) is 13.2 Å². The third kappa shape index (κ3) is 3.93. The van der Waals surface area contributed by atoms with Gasteiger partial charge in [0.2, 0.25) is 5.82 Å². The Morgan fingerprint density at radius 1 is 1.08 bits per heavy atom. The van der Waals surface area contributed by atoms with Crippen LogP contribution in [0.5, 0.6) is 5.75 Å². The van der Waals surface area contributed by atoms with Crippen molar-refractivity contribution in [3.8, 4) is 5.75 Å². The number of nitrogens with one attached hydrogen (secondary N) is 1. The van der Waals surface area contributed by atoms with Crippen LogP contribution in [0.25, 0.3) is 10.9 Å². The second kappa shape index (κ2) is 6.76. The third-order valence-electron chi connectivity index (χ3n) is 3.53. The Labute approximate surface area is 146 Å². The van der Waals surface area contributed by atoms with Crippen molar-refractivity contribution in [3.05, 3.63) is 58.9 Å². The molecule has 0 aliphatic carbocycles. The number of fused-ring (bicyclic) bond motifs is 1. The van der Waals surface area contributed by atoms with Crippen molar-refractivity contribution in [2.75, 3.05) is 12.4 Å². The minimum Gasteiger partial charge on any atom is -0.497 e. The highest BCUT2D eigenvalue weighted by Gasteiger charge is 2.35. The van der Waals surface area contributed by atoms with Gasteiger partial charge in [0, 0.05) is 23.0 Å². The topological polar surface area (TPSA) is 47.0 Å². The Hall–Kier alpha value is -2.54. The van der Waals surface area contributed by atoms with Crippen LogP contribution < -0.4 is 10.1 Å². The van der Waals surface area contributed by atoms with Crippen molar-refractivity contribution in [2.45, 2.75) is 12.7 Å². The molecule has 8 heteroatoms. The fourth-order valence-corrected chi connectivity index (χ4v) is 2.41. The van der Waals surface area contributed by atoms with Gasteiger partial charge in [-0.15, -0.1) is 0 Å². The van der Waals surface area contributed by atoms with E-state index in [1.54, 1.807) is 36.4 Å². The molecule has 1 heterocycles. The fourth-order valence-electron chi connectivity index (χ4n) is 2.29. The van der Waals surface area contributed by atoms with E-state index in [-0.39, 0.29) is 11.3 Å². The summed E-state index contributed by atoms with van der Waals surface area (Å²) in [7, 11) is 1.44. The molecule has 0 saturated heterocycles. The smallest absolute Gasteiger partial charge is 0.451 e. The van der Waals surface area contributed by atoms with Gasteiger partial charge < -0.3 is 10.1 Å². The van der Waals surface area contributed by atoms with Gasteiger partial charge in [-0.2, -0.15) is 13.2 Å². The van der Waals surface area contributed by atoms with Gasteiger partial charge in [0.15, 0.2) is 0 Å². The zero-order valence-electron chi connectivity index (χ0n) is 13.1. The van der Waals surface area contributed by atoms with Crippen LogP contribution in [-0.4, -0.2) is 17.1 Å². The van der Waals surface area contributed by atoms with Crippen LogP contribution in [0.2, 0.25) is 5.02 Å². The molecule has 0 saturated carbocycles. The number of alkyl halides is 3. The van der Waals surface area contributed by atoms with E-state index in [4.69, 9.17) is 16.3 Å². The van der Waals surface area contributed by atoms with E-state index in [0.29, 0.717) is 22.7 Å². The monoisotopic (exact) mass is 367 g/mol. The van der Waals surface area contributed by atoms with Gasteiger partial charge in [0.25, 0.3) is 0 Å². The molecule has 3 rings (SSSR count). The number of halogens is 4. The number of methoxy groups -OCH3 is 1. The van der Waals surface area contributed by atoms with Gasteiger partial charge in [0.05, 0.1) is 12.6 Å². The Morgan fingerprint density at radius 2 is 1.80 bits per heavy atom. The average Bonchev–Trinajstić information content (AvgIpc) is 2.59. The predicted molar refractivity (Wildman–Crippen MR) is 89.9 cm³/mol. The van der Waals surface area contributed by atoms with Crippen LogP contribution in [-0.2, 0) is 12.7 Å². The number of ether oxygens (including phenoxy) is 1. The molecule has 0 aliphatic heterocycles. The quantitative estimate of drug-likeness (QED) is 0.710. The van der Waals surface area contributed by atoms with E-state index in [2.05, 4.69) is 15.3 Å². The van der Waals surface area contributed by atoms with Gasteiger partial charge >= 0.3 is 6.18 Å². The summed E-state index contributed by atoms with van der Waals surface area (Å²) in [6, 6.07) is 11.7. The van der Waals surface area contributed by atoms with Gasteiger partial charge in [-0.05, 0) is 29.8 Å². The maximum Gasteiger partial charge on any atom is 0.451 e. The molecule has 0 unspecified atom stereocenters. The first kappa shape index (κ1) is 17.3. The van der Waals surface area contributed by atoms with Crippen LogP contribution in [0, 0.1) is 0 Å². The molecule has 2 aromatic carbocycles. The highest BCUT2D eigenvalue weighted by molar-refractivity contribution is 6.30. The zero-order valence-corrected chi connectivity index (χ0v) is 13.8. The Balaban J connectivity index is 2.00.